The average Bonchev–Trinajstić information content (AvgIpc) is 2.91. The van der Waals surface area contributed by atoms with Gasteiger partial charge < -0.3 is 10.4 Å². The number of rotatable bonds is 2. The number of phenolic OH excluding ortho intramolecular Hbond substituents is 1. The van der Waals surface area contributed by atoms with E-state index < -0.39 is 0 Å². The zero-order valence-electron chi connectivity index (χ0n) is 10.0. The molecule has 5 nitrogen and oxygen atoms in total. The van der Waals surface area contributed by atoms with Gasteiger partial charge in [0.2, 0.25) is 0 Å². The number of benzene rings is 2. The fraction of sp³-hybridized carbons (Fsp3) is 0. The quantitative estimate of drug-likeness (QED) is 0.761. The Morgan fingerprint density at radius 2 is 1.90 bits per heavy atom. The van der Waals surface area contributed by atoms with Crippen LogP contribution in [0.5, 0.6) is 5.75 Å². The molecule has 2 N–H and O–H groups in total. The average molecular weight is 306 g/mol. The van der Waals surface area contributed by atoms with Gasteiger partial charge in [0.25, 0.3) is 5.91 Å². The molecule has 1 amide bonds. The van der Waals surface area contributed by atoms with Gasteiger partial charge in [-0.3, -0.25) is 4.79 Å². The summed E-state index contributed by atoms with van der Waals surface area (Å²) in [5, 5.41) is 12.3. The molecule has 0 aliphatic rings. The Labute approximate surface area is 123 Å². The molecule has 7 heteroatoms. The number of nitrogens with one attached hydrogen (secondary N) is 1. The minimum atomic E-state index is -0.326. The first-order valence-electron chi connectivity index (χ1n) is 5.66. The van der Waals surface area contributed by atoms with Crippen molar-refractivity contribution in [3.05, 3.63) is 47.0 Å². The molecule has 0 spiro atoms. The molecule has 0 saturated carbocycles. The van der Waals surface area contributed by atoms with E-state index in [1.54, 1.807) is 12.1 Å². The highest BCUT2D eigenvalue weighted by Crippen LogP contribution is 2.30. The summed E-state index contributed by atoms with van der Waals surface area (Å²) in [5.74, 6) is -0.224. The van der Waals surface area contributed by atoms with E-state index in [1.165, 1.54) is 24.3 Å². The number of carbonyl (C=O) groups excluding carboxylic acids is 1. The molecule has 0 fully saturated rings. The highest BCUT2D eigenvalue weighted by Gasteiger charge is 2.14. The lowest BCUT2D eigenvalue weighted by Gasteiger charge is -2.07. The number of nitrogens with zero attached hydrogens (tertiary/aromatic N) is 2. The summed E-state index contributed by atoms with van der Waals surface area (Å²) in [7, 11) is 0. The first-order chi connectivity index (χ1) is 9.65. The lowest BCUT2D eigenvalue weighted by Crippen LogP contribution is -2.12. The number of aromatic nitrogens is 2. The predicted molar refractivity (Wildman–Crippen MR) is 78.5 cm³/mol. The maximum absolute atomic E-state index is 12.1. The first kappa shape index (κ1) is 12.8. The zero-order valence-corrected chi connectivity index (χ0v) is 11.6. The van der Waals surface area contributed by atoms with E-state index in [1.807, 2.05) is 0 Å². The van der Waals surface area contributed by atoms with Gasteiger partial charge in [-0.05, 0) is 36.4 Å². The van der Waals surface area contributed by atoms with Crippen LogP contribution in [-0.2, 0) is 0 Å². The van der Waals surface area contributed by atoms with Crippen molar-refractivity contribution >= 4 is 46.0 Å². The second-order valence-corrected chi connectivity index (χ2v) is 4.99. The van der Waals surface area contributed by atoms with Crippen LogP contribution in [0.15, 0.2) is 36.4 Å². The summed E-state index contributed by atoms with van der Waals surface area (Å²) in [5.41, 5.74) is 2.10. The van der Waals surface area contributed by atoms with E-state index in [2.05, 4.69) is 14.1 Å². The van der Waals surface area contributed by atoms with E-state index >= 15 is 0 Å². The first-order valence-corrected chi connectivity index (χ1v) is 6.77. The third-order valence-electron chi connectivity index (χ3n) is 2.75. The zero-order chi connectivity index (χ0) is 14.1. The third-order valence-corrected chi connectivity index (χ3v) is 3.60. The molecule has 0 aliphatic heterocycles. The molecule has 3 rings (SSSR count). The third kappa shape index (κ3) is 2.31. The number of fused-ring (bicyclic) bond motifs is 1. The monoisotopic (exact) mass is 305 g/mol. The summed E-state index contributed by atoms with van der Waals surface area (Å²) in [6.45, 7) is 0. The maximum Gasteiger partial charge on any atom is 0.255 e. The fourth-order valence-corrected chi connectivity index (χ4v) is 2.49. The molecule has 2 aromatic carbocycles. The Morgan fingerprint density at radius 1 is 1.15 bits per heavy atom. The number of hydrogen-bond donors (Lipinski definition) is 2. The summed E-state index contributed by atoms with van der Waals surface area (Å²) in [4.78, 5) is 12.1. The molecule has 0 unspecified atom stereocenters. The molecule has 0 radical (unpaired) electrons. The van der Waals surface area contributed by atoms with Crippen molar-refractivity contribution < 1.29 is 9.90 Å². The second-order valence-electron chi connectivity index (χ2n) is 4.06. The summed E-state index contributed by atoms with van der Waals surface area (Å²) >= 11 is 7.16. The number of anilines is 1. The summed E-state index contributed by atoms with van der Waals surface area (Å²) in [6.07, 6.45) is 0. The van der Waals surface area contributed by atoms with Crippen molar-refractivity contribution in [2.75, 3.05) is 5.32 Å². The number of amides is 1. The molecule has 100 valence electrons. The summed E-state index contributed by atoms with van der Waals surface area (Å²) in [6, 6.07) is 9.36. The number of halogens is 1. The van der Waals surface area contributed by atoms with E-state index in [4.69, 9.17) is 11.6 Å². The fourth-order valence-electron chi connectivity index (χ4n) is 1.74. The Hall–Kier alpha value is -2.18. The molecule has 0 saturated heterocycles. The van der Waals surface area contributed by atoms with Crippen LogP contribution in [0.25, 0.3) is 11.0 Å². The van der Waals surface area contributed by atoms with Crippen molar-refractivity contribution in [3.8, 4) is 5.75 Å². The molecule has 0 aliphatic carbocycles. The van der Waals surface area contributed by atoms with Gasteiger partial charge in [-0.15, -0.1) is 0 Å². The van der Waals surface area contributed by atoms with Gasteiger partial charge in [0.1, 0.15) is 16.8 Å². The normalized spacial score (nSPS) is 10.7. The van der Waals surface area contributed by atoms with Crippen LogP contribution in [0.3, 0.4) is 0 Å². The lowest BCUT2D eigenvalue weighted by molar-refractivity contribution is 0.102. The number of carbonyl (C=O) groups is 1. The van der Waals surface area contributed by atoms with Gasteiger partial charge in [0, 0.05) is 5.56 Å². The SMILES string of the molecule is O=C(Nc1c(Cl)ccc2nsnc12)c1ccc(O)cc1. The molecule has 0 atom stereocenters. The van der Waals surface area contributed by atoms with Gasteiger partial charge in [-0.1, -0.05) is 11.6 Å². The smallest absolute Gasteiger partial charge is 0.255 e. The second kappa shape index (κ2) is 5.07. The van der Waals surface area contributed by atoms with Crippen molar-refractivity contribution in [2.24, 2.45) is 0 Å². The van der Waals surface area contributed by atoms with E-state index in [0.717, 1.165) is 11.7 Å². The van der Waals surface area contributed by atoms with Crippen LogP contribution >= 0.6 is 23.3 Å². The number of hydrogen-bond acceptors (Lipinski definition) is 5. The van der Waals surface area contributed by atoms with Crippen LogP contribution in [-0.4, -0.2) is 19.8 Å². The molecule has 3 aromatic rings. The van der Waals surface area contributed by atoms with Crippen LogP contribution < -0.4 is 5.32 Å². The van der Waals surface area contributed by atoms with Gasteiger partial charge in [0.15, 0.2) is 0 Å². The molecular formula is C13H8ClN3O2S. The van der Waals surface area contributed by atoms with Crippen LogP contribution in [0.2, 0.25) is 5.02 Å². The minimum absolute atomic E-state index is 0.102. The van der Waals surface area contributed by atoms with Gasteiger partial charge >= 0.3 is 0 Å². The molecule has 1 aromatic heterocycles. The Balaban J connectivity index is 1.96. The Kier molecular flexibility index (Phi) is 3.25. The minimum Gasteiger partial charge on any atom is -0.508 e. The van der Waals surface area contributed by atoms with Crippen LogP contribution in [0.1, 0.15) is 10.4 Å². The largest absolute Gasteiger partial charge is 0.508 e. The van der Waals surface area contributed by atoms with Crippen molar-refractivity contribution in [1.82, 2.24) is 8.75 Å². The van der Waals surface area contributed by atoms with Gasteiger partial charge in [-0.25, -0.2) is 0 Å². The van der Waals surface area contributed by atoms with Crippen molar-refractivity contribution in [1.29, 1.82) is 0 Å². The van der Waals surface area contributed by atoms with E-state index in [9.17, 15) is 9.90 Å². The van der Waals surface area contributed by atoms with Crippen LogP contribution in [0, 0.1) is 0 Å². The molecule has 0 bridgehead atoms. The topological polar surface area (TPSA) is 75.1 Å². The van der Waals surface area contributed by atoms with Crippen molar-refractivity contribution in [2.45, 2.75) is 0 Å². The standard InChI is InChI=1S/C13H8ClN3O2S/c14-9-5-6-10-12(17-20-16-10)11(9)15-13(19)7-1-3-8(18)4-2-7/h1-6,18H,(H,15,19). The maximum atomic E-state index is 12.1. The number of phenols is 1. The van der Waals surface area contributed by atoms with Gasteiger partial charge in [-0.2, -0.15) is 8.75 Å². The molecular weight excluding hydrogens is 298 g/mol. The Bertz CT molecular complexity index is 786. The highest BCUT2D eigenvalue weighted by atomic mass is 35.5. The van der Waals surface area contributed by atoms with E-state index in [0.29, 0.717) is 27.3 Å². The van der Waals surface area contributed by atoms with Gasteiger partial charge in [0.05, 0.1) is 22.4 Å². The summed E-state index contributed by atoms with van der Waals surface area (Å²) < 4.78 is 8.23. The highest BCUT2D eigenvalue weighted by molar-refractivity contribution is 7.00. The predicted octanol–water partition coefficient (Wildman–Crippen LogP) is 3.30. The van der Waals surface area contributed by atoms with Crippen LogP contribution in [0.4, 0.5) is 5.69 Å². The lowest BCUT2D eigenvalue weighted by atomic mass is 10.2. The Morgan fingerprint density at radius 3 is 2.65 bits per heavy atom. The van der Waals surface area contributed by atoms with Crippen molar-refractivity contribution in [3.63, 3.8) is 0 Å². The number of aromatic hydroxyl groups is 1. The van der Waals surface area contributed by atoms with E-state index in [-0.39, 0.29) is 11.7 Å². The molecule has 1 heterocycles. The molecule has 20 heavy (non-hydrogen) atoms.